The molecule has 8 nitrogen and oxygen atoms in total. The highest BCUT2D eigenvalue weighted by Crippen LogP contribution is 2.44. The number of benzene rings is 3. The molecule has 2 aliphatic rings. The fraction of sp³-hybridized carbons (Fsp3) is 0.281. The van der Waals surface area contributed by atoms with Gasteiger partial charge in [-0.2, -0.15) is 0 Å². The molecule has 2 atom stereocenters. The molecule has 1 aliphatic heterocycles. The molecule has 11 heteroatoms. The first kappa shape index (κ1) is 29.7. The van der Waals surface area contributed by atoms with Crippen molar-refractivity contribution in [3.8, 4) is 11.1 Å². The van der Waals surface area contributed by atoms with Crippen LogP contribution >= 0.6 is 0 Å². The van der Waals surface area contributed by atoms with E-state index in [0.29, 0.717) is 0 Å². The van der Waals surface area contributed by atoms with Crippen molar-refractivity contribution < 1.29 is 41.8 Å². The molecule has 0 bridgehead atoms. The number of halogens is 3. The second-order valence-corrected chi connectivity index (χ2v) is 10.1. The molecule has 0 saturated carbocycles. The Hall–Kier alpha value is -4.80. The lowest BCUT2D eigenvalue weighted by Gasteiger charge is -2.44. The van der Waals surface area contributed by atoms with Crippen LogP contribution in [0.25, 0.3) is 11.1 Å². The first-order valence-corrected chi connectivity index (χ1v) is 13.7. The lowest BCUT2D eigenvalue weighted by molar-refractivity contribution is -0.137. The highest BCUT2D eigenvalue weighted by Gasteiger charge is 2.41. The third-order valence-electron chi connectivity index (χ3n) is 7.61. The lowest BCUT2D eigenvalue weighted by Crippen LogP contribution is -2.57. The van der Waals surface area contributed by atoms with Crippen molar-refractivity contribution in [1.29, 1.82) is 0 Å². The predicted octanol–water partition coefficient (Wildman–Crippen LogP) is 5.97. The lowest BCUT2D eigenvalue weighted by atomic mass is 9.97. The molecule has 3 aromatic rings. The van der Waals surface area contributed by atoms with Gasteiger partial charge in [-0.3, -0.25) is 4.90 Å². The van der Waals surface area contributed by atoms with Crippen LogP contribution in [0, 0.1) is 17.5 Å². The van der Waals surface area contributed by atoms with Gasteiger partial charge in [0.2, 0.25) is 0 Å². The Balaban J connectivity index is 1.50. The zero-order valence-electron chi connectivity index (χ0n) is 23.5. The van der Waals surface area contributed by atoms with E-state index in [0.717, 1.165) is 47.6 Å². The summed E-state index contributed by atoms with van der Waals surface area (Å²) in [5, 5.41) is 0. The minimum Gasteiger partial charge on any atom is -0.463 e. The van der Waals surface area contributed by atoms with Gasteiger partial charge in [-0.05, 0) is 46.9 Å². The maximum Gasteiger partial charge on any atom is 0.410 e. The minimum atomic E-state index is -1.67. The standard InChI is InChI=1S/C32H29F3N2O6/c1-3-42-29(38)13-12-20-16-36(31(39)41-2)17-28(19-14-26(33)30(35)27(34)15-19)37(20)32(40)43-18-25-23-10-6-4-8-21(23)22-9-5-7-11-24(22)25/h4-15,20,25,28H,3,16-18H2,1-2H3/b13-12+. The Morgan fingerprint density at radius 2 is 1.49 bits per heavy atom. The van der Waals surface area contributed by atoms with E-state index in [-0.39, 0.29) is 37.8 Å². The highest BCUT2D eigenvalue weighted by atomic mass is 19.2. The van der Waals surface area contributed by atoms with Gasteiger partial charge in [0.05, 0.1) is 25.8 Å². The smallest absolute Gasteiger partial charge is 0.410 e. The molecule has 3 aromatic carbocycles. The van der Waals surface area contributed by atoms with Crippen molar-refractivity contribution in [3.63, 3.8) is 0 Å². The molecule has 5 rings (SSSR count). The van der Waals surface area contributed by atoms with Crippen LogP contribution in [0.2, 0.25) is 0 Å². The van der Waals surface area contributed by atoms with Gasteiger partial charge in [0.25, 0.3) is 0 Å². The molecule has 2 unspecified atom stereocenters. The Morgan fingerprint density at radius 1 is 0.884 bits per heavy atom. The molecule has 2 amide bonds. The largest absolute Gasteiger partial charge is 0.463 e. The van der Waals surface area contributed by atoms with Crippen LogP contribution in [0.15, 0.2) is 72.8 Å². The summed E-state index contributed by atoms with van der Waals surface area (Å²) in [6.45, 7) is 1.30. The number of hydrogen-bond acceptors (Lipinski definition) is 6. The molecule has 1 heterocycles. The van der Waals surface area contributed by atoms with Crippen molar-refractivity contribution in [3.05, 3.63) is 107 Å². The van der Waals surface area contributed by atoms with Gasteiger partial charge in [0.15, 0.2) is 17.5 Å². The van der Waals surface area contributed by atoms with Crippen molar-refractivity contribution >= 4 is 18.2 Å². The number of nitrogens with zero attached hydrogens (tertiary/aromatic N) is 2. The number of methoxy groups -OCH3 is 1. The summed E-state index contributed by atoms with van der Waals surface area (Å²) in [6.07, 6.45) is 0.814. The molecule has 1 saturated heterocycles. The second-order valence-electron chi connectivity index (χ2n) is 10.1. The van der Waals surface area contributed by atoms with E-state index >= 15 is 0 Å². The number of esters is 1. The summed E-state index contributed by atoms with van der Waals surface area (Å²) in [6, 6.07) is 14.9. The van der Waals surface area contributed by atoms with Crippen molar-refractivity contribution in [2.75, 3.05) is 33.4 Å². The van der Waals surface area contributed by atoms with Gasteiger partial charge in [0.1, 0.15) is 6.61 Å². The van der Waals surface area contributed by atoms with E-state index < -0.39 is 47.7 Å². The summed E-state index contributed by atoms with van der Waals surface area (Å²) in [4.78, 5) is 41.0. The summed E-state index contributed by atoms with van der Waals surface area (Å²) >= 11 is 0. The van der Waals surface area contributed by atoms with Gasteiger partial charge >= 0.3 is 18.2 Å². The number of fused-ring (bicyclic) bond motifs is 3. The molecule has 0 aromatic heterocycles. The topological polar surface area (TPSA) is 85.4 Å². The number of piperazine rings is 1. The van der Waals surface area contributed by atoms with Crippen LogP contribution in [0.3, 0.4) is 0 Å². The molecule has 0 N–H and O–H groups in total. The number of carbonyl (C=O) groups is 3. The Bertz CT molecular complexity index is 1510. The Kier molecular flexibility index (Phi) is 8.70. The summed E-state index contributed by atoms with van der Waals surface area (Å²) in [5.74, 6) is -5.57. The quantitative estimate of drug-likeness (QED) is 0.151. The van der Waals surface area contributed by atoms with Crippen LogP contribution in [-0.2, 0) is 19.0 Å². The normalized spacial score (nSPS) is 17.9. The van der Waals surface area contributed by atoms with Gasteiger partial charge in [-0.15, -0.1) is 0 Å². The van der Waals surface area contributed by atoms with Crippen LogP contribution in [0.1, 0.15) is 35.6 Å². The first-order chi connectivity index (χ1) is 20.7. The van der Waals surface area contributed by atoms with E-state index in [9.17, 15) is 27.6 Å². The summed E-state index contributed by atoms with van der Waals surface area (Å²) in [7, 11) is 1.16. The van der Waals surface area contributed by atoms with Crippen molar-refractivity contribution in [2.45, 2.75) is 24.9 Å². The number of hydrogen-bond donors (Lipinski definition) is 0. The molecule has 224 valence electrons. The third kappa shape index (κ3) is 5.93. The number of ether oxygens (including phenoxy) is 3. The van der Waals surface area contributed by atoms with E-state index in [1.54, 1.807) is 6.92 Å². The molecule has 1 fully saturated rings. The van der Waals surface area contributed by atoms with Crippen LogP contribution in [-0.4, -0.2) is 67.4 Å². The van der Waals surface area contributed by atoms with Crippen molar-refractivity contribution in [1.82, 2.24) is 9.80 Å². The Labute approximate surface area is 246 Å². The second kappa shape index (κ2) is 12.6. The molecular formula is C32H29F3N2O6. The molecular weight excluding hydrogens is 565 g/mol. The Morgan fingerprint density at radius 3 is 2.07 bits per heavy atom. The number of carbonyl (C=O) groups excluding carboxylic acids is 3. The molecule has 0 spiro atoms. The van der Waals surface area contributed by atoms with Crippen LogP contribution < -0.4 is 0 Å². The first-order valence-electron chi connectivity index (χ1n) is 13.7. The van der Waals surface area contributed by atoms with E-state index in [1.165, 1.54) is 15.9 Å². The minimum absolute atomic E-state index is 0.0583. The number of rotatable bonds is 6. The average Bonchev–Trinajstić information content (AvgIpc) is 3.34. The molecule has 43 heavy (non-hydrogen) atoms. The molecule has 1 aliphatic carbocycles. The summed E-state index contributed by atoms with van der Waals surface area (Å²) in [5.41, 5.74) is 3.88. The zero-order valence-corrected chi connectivity index (χ0v) is 23.5. The average molecular weight is 595 g/mol. The predicted molar refractivity (Wildman–Crippen MR) is 150 cm³/mol. The maximum absolute atomic E-state index is 14.4. The fourth-order valence-corrected chi connectivity index (χ4v) is 5.69. The molecule has 0 radical (unpaired) electrons. The number of amides is 2. The monoisotopic (exact) mass is 594 g/mol. The van der Waals surface area contributed by atoms with Gasteiger partial charge in [-0.1, -0.05) is 54.6 Å². The maximum atomic E-state index is 14.4. The van der Waals surface area contributed by atoms with Crippen molar-refractivity contribution in [2.24, 2.45) is 0 Å². The van der Waals surface area contributed by atoms with E-state index in [2.05, 4.69) is 0 Å². The van der Waals surface area contributed by atoms with Crippen LogP contribution in [0.4, 0.5) is 22.8 Å². The third-order valence-corrected chi connectivity index (χ3v) is 7.61. The highest BCUT2D eigenvalue weighted by molar-refractivity contribution is 5.82. The SMILES string of the molecule is CCOC(=O)/C=C/C1CN(C(=O)OC)CC(c2cc(F)c(F)c(F)c2)N1C(=O)OCC1c2ccccc2-c2ccccc21. The van der Waals surface area contributed by atoms with E-state index in [4.69, 9.17) is 14.2 Å². The van der Waals surface area contributed by atoms with Gasteiger partial charge in [-0.25, -0.2) is 27.6 Å². The van der Waals surface area contributed by atoms with Gasteiger partial charge in [0, 0.05) is 25.1 Å². The summed E-state index contributed by atoms with van der Waals surface area (Å²) < 4.78 is 58.3. The zero-order chi connectivity index (χ0) is 30.7. The van der Waals surface area contributed by atoms with E-state index in [1.807, 2.05) is 48.5 Å². The fourth-order valence-electron chi connectivity index (χ4n) is 5.69. The van der Waals surface area contributed by atoms with Crippen LogP contribution in [0.5, 0.6) is 0 Å². The van der Waals surface area contributed by atoms with Gasteiger partial charge < -0.3 is 19.1 Å².